The maximum atomic E-state index is 12.1. The first-order chi connectivity index (χ1) is 13.4. The molecule has 0 radical (unpaired) electrons. The lowest BCUT2D eigenvalue weighted by Gasteiger charge is -2.08. The molecule has 10 heteroatoms. The molecule has 0 spiro atoms. The van der Waals surface area contributed by atoms with Crippen LogP contribution in [0.4, 0.5) is 0 Å². The van der Waals surface area contributed by atoms with Gasteiger partial charge >= 0.3 is 5.69 Å². The molecule has 2 aromatic heterocycles. The van der Waals surface area contributed by atoms with Gasteiger partial charge in [-0.1, -0.05) is 23.9 Å². The zero-order chi connectivity index (χ0) is 19.7. The van der Waals surface area contributed by atoms with Crippen LogP contribution in [0.3, 0.4) is 0 Å². The van der Waals surface area contributed by atoms with E-state index in [-0.39, 0.29) is 23.1 Å². The number of aromatic amines is 1. The Morgan fingerprint density at radius 3 is 2.89 bits per heavy atom. The summed E-state index contributed by atoms with van der Waals surface area (Å²) in [4.78, 5) is 15.0. The van der Waals surface area contributed by atoms with Crippen molar-refractivity contribution in [1.82, 2.24) is 24.3 Å². The zero-order valence-electron chi connectivity index (χ0n) is 15.7. The molecule has 0 unspecified atom stereocenters. The monoisotopic (exact) mass is 421 g/mol. The molecule has 1 saturated heterocycles. The molecule has 0 amide bonds. The van der Waals surface area contributed by atoms with E-state index < -0.39 is 9.84 Å². The summed E-state index contributed by atoms with van der Waals surface area (Å²) in [5.74, 6) is 2.32. The maximum absolute atomic E-state index is 12.1. The minimum atomic E-state index is -2.87. The van der Waals surface area contributed by atoms with E-state index in [1.165, 1.54) is 0 Å². The van der Waals surface area contributed by atoms with Crippen molar-refractivity contribution in [2.24, 2.45) is 13.0 Å². The summed E-state index contributed by atoms with van der Waals surface area (Å²) >= 11 is 1.60. The van der Waals surface area contributed by atoms with E-state index in [9.17, 15) is 13.2 Å². The number of rotatable bonds is 7. The lowest BCUT2D eigenvalue weighted by molar-refractivity contribution is 0.552. The first kappa shape index (κ1) is 19.3. The van der Waals surface area contributed by atoms with Crippen molar-refractivity contribution >= 4 is 32.6 Å². The zero-order valence-corrected chi connectivity index (χ0v) is 17.3. The standard InChI is InChI=1S/C18H23N5O3S2/c1-22-16(11-13-7-10-28(25,26)12-13)20-21-18(22)27-9-4-8-23-15-6-3-2-5-14(15)19-17(23)24/h2-3,5-6,13H,4,7-12H2,1H3,(H,19,24)/t13-/m0/s1. The number of aromatic nitrogens is 5. The van der Waals surface area contributed by atoms with E-state index >= 15 is 0 Å². The molecule has 0 bridgehead atoms. The number of nitrogens with one attached hydrogen (secondary N) is 1. The van der Waals surface area contributed by atoms with E-state index in [2.05, 4.69) is 15.2 Å². The van der Waals surface area contributed by atoms with E-state index in [1.807, 2.05) is 35.9 Å². The van der Waals surface area contributed by atoms with Gasteiger partial charge in [0, 0.05) is 25.8 Å². The average Bonchev–Trinajstić information content (AvgIpc) is 3.28. The van der Waals surface area contributed by atoms with Gasteiger partial charge in [0.25, 0.3) is 0 Å². The number of nitrogens with zero attached hydrogens (tertiary/aromatic N) is 4. The highest BCUT2D eigenvalue weighted by atomic mass is 32.2. The number of aryl methyl sites for hydroxylation is 1. The molecule has 1 N–H and O–H groups in total. The molecular weight excluding hydrogens is 398 g/mol. The van der Waals surface area contributed by atoms with Gasteiger partial charge in [-0.15, -0.1) is 10.2 Å². The lowest BCUT2D eigenvalue weighted by Crippen LogP contribution is -2.17. The SMILES string of the molecule is Cn1c(C[C@@H]2CCS(=O)(=O)C2)nnc1SCCCn1c(=O)[nH]c2ccccc21. The second-order valence-corrected chi connectivity index (χ2v) is 10.5. The number of benzene rings is 1. The lowest BCUT2D eigenvalue weighted by atomic mass is 10.1. The number of sulfone groups is 1. The minimum Gasteiger partial charge on any atom is -0.309 e. The van der Waals surface area contributed by atoms with Gasteiger partial charge in [-0.3, -0.25) is 4.57 Å². The fourth-order valence-electron chi connectivity index (χ4n) is 3.65. The van der Waals surface area contributed by atoms with Crippen molar-refractivity contribution < 1.29 is 8.42 Å². The minimum absolute atomic E-state index is 0.0846. The van der Waals surface area contributed by atoms with E-state index in [0.717, 1.165) is 34.2 Å². The normalized spacial score (nSPS) is 18.8. The Kier molecular flexibility index (Phi) is 5.33. The molecule has 1 atom stereocenters. The summed E-state index contributed by atoms with van der Waals surface area (Å²) in [7, 11) is -0.951. The third kappa shape index (κ3) is 4.02. The quantitative estimate of drug-likeness (QED) is 0.459. The maximum Gasteiger partial charge on any atom is 0.326 e. The van der Waals surface area contributed by atoms with Crippen LogP contribution >= 0.6 is 11.8 Å². The summed E-state index contributed by atoms with van der Waals surface area (Å²) in [6.07, 6.45) is 2.18. The van der Waals surface area contributed by atoms with Gasteiger partial charge in [-0.25, -0.2) is 13.2 Å². The van der Waals surface area contributed by atoms with Gasteiger partial charge in [0.15, 0.2) is 15.0 Å². The van der Waals surface area contributed by atoms with Gasteiger partial charge < -0.3 is 9.55 Å². The van der Waals surface area contributed by atoms with Crippen molar-refractivity contribution in [3.05, 3.63) is 40.6 Å². The highest BCUT2D eigenvalue weighted by Crippen LogP contribution is 2.24. The Hall–Kier alpha value is -2.07. The molecule has 28 heavy (non-hydrogen) atoms. The van der Waals surface area contributed by atoms with Crippen molar-refractivity contribution in [3.63, 3.8) is 0 Å². The van der Waals surface area contributed by atoms with Gasteiger partial charge in [0.05, 0.1) is 22.5 Å². The van der Waals surface area contributed by atoms with Crippen molar-refractivity contribution in [1.29, 1.82) is 0 Å². The van der Waals surface area contributed by atoms with Crippen LogP contribution < -0.4 is 5.69 Å². The Morgan fingerprint density at radius 2 is 2.11 bits per heavy atom. The second kappa shape index (κ2) is 7.75. The van der Waals surface area contributed by atoms with E-state index in [4.69, 9.17) is 0 Å². The number of imidazole rings is 1. The fraction of sp³-hybridized carbons (Fsp3) is 0.500. The number of para-hydroxylation sites is 2. The molecule has 150 valence electrons. The number of hydrogen-bond donors (Lipinski definition) is 1. The second-order valence-electron chi connectivity index (χ2n) is 7.23. The molecule has 1 aliphatic rings. The largest absolute Gasteiger partial charge is 0.326 e. The Balaban J connectivity index is 1.32. The average molecular weight is 422 g/mol. The van der Waals surface area contributed by atoms with Gasteiger partial charge in [0.1, 0.15) is 5.82 Å². The number of thioether (sulfide) groups is 1. The third-order valence-electron chi connectivity index (χ3n) is 5.16. The third-order valence-corrected chi connectivity index (χ3v) is 8.11. The van der Waals surface area contributed by atoms with Gasteiger partial charge in [0.2, 0.25) is 0 Å². The van der Waals surface area contributed by atoms with Crippen LogP contribution in [0.25, 0.3) is 11.0 Å². The number of H-pyrrole nitrogens is 1. The predicted octanol–water partition coefficient (Wildman–Crippen LogP) is 1.62. The first-order valence-electron chi connectivity index (χ1n) is 9.32. The van der Waals surface area contributed by atoms with Crippen LogP contribution in [0.15, 0.2) is 34.2 Å². The van der Waals surface area contributed by atoms with Crippen LogP contribution in [0.5, 0.6) is 0 Å². The molecule has 3 heterocycles. The van der Waals surface area contributed by atoms with Gasteiger partial charge in [-0.05, 0) is 30.9 Å². The summed E-state index contributed by atoms with van der Waals surface area (Å²) in [6, 6.07) is 7.68. The van der Waals surface area contributed by atoms with Crippen LogP contribution in [-0.4, -0.2) is 50.0 Å². The van der Waals surface area contributed by atoms with Crippen molar-refractivity contribution in [2.45, 2.75) is 31.0 Å². The first-order valence-corrected chi connectivity index (χ1v) is 12.1. The summed E-state index contributed by atoms with van der Waals surface area (Å²) < 4.78 is 27.0. The van der Waals surface area contributed by atoms with Crippen LogP contribution in [0.2, 0.25) is 0 Å². The predicted molar refractivity (Wildman–Crippen MR) is 109 cm³/mol. The topological polar surface area (TPSA) is 103 Å². The molecule has 1 aliphatic heterocycles. The highest BCUT2D eigenvalue weighted by Gasteiger charge is 2.29. The van der Waals surface area contributed by atoms with Crippen molar-refractivity contribution in [3.8, 4) is 0 Å². The molecule has 0 aliphatic carbocycles. The van der Waals surface area contributed by atoms with E-state index in [0.29, 0.717) is 19.4 Å². The smallest absolute Gasteiger partial charge is 0.309 e. The van der Waals surface area contributed by atoms with Crippen LogP contribution in [0, 0.1) is 5.92 Å². The molecule has 4 rings (SSSR count). The molecule has 0 saturated carbocycles. The van der Waals surface area contributed by atoms with E-state index in [1.54, 1.807) is 16.3 Å². The summed E-state index contributed by atoms with van der Waals surface area (Å²) in [6.45, 7) is 0.639. The summed E-state index contributed by atoms with van der Waals surface area (Å²) in [5, 5.41) is 9.32. The molecule has 1 fully saturated rings. The highest BCUT2D eigenvalue weighted by molar-refractivity contribution is 7.99. The molecular formula is C18H23N5O3S2. The molecule has 1 aromatic carbocycles. The fourth-order valence-corrected chi connectivity index (χ4v) is 6.37. The van der Waals surface area contributed by atoms with Crippen LogP contribution in [-0.2, 0) is 29.9 Å². The number of hydrogen-bond acceptors (Lipinski definition) is 6. The molecule has 8 nitrogen and oxygen atoms in total. The van der Waals surface area contributed by atoms with Crippen molar-refractivity contribution in [2.75, 3.05) is 17.3 Å². The molecule has 3 aromatic rings. The summed E-state index contributed by atoms with van der Waals surface area (Å²) in [5.41, 5.74) is 1.69. The van der Waals surface area contributed by atoms with Gasteiger partial charge in [-0.2, -0.15) is 0 Å². The van der Waals surface area contributed by atoms with Crippen LogP contribution in [0.1, 0.15) is 18.7 Å². The Morgan fingerprint density at radius 1 is 1.29 bits per heavy atom. The number of fused-ring (bicyclic) bond motifs is 1. The Labute approximate surface area is 167 Å². The Bertz CT molecular complexity index is 1150.